The van der Waals surface area contributed by atoms with E-state index < -0.39 is 0 Å². The molecule has 2 heterocycles. The van der Waals surface area contributed by atoms with Gasteiger partial charge in [0.2, 0.25) is 11.8 Å². The van der Waals surface area contributed by atoms with Gasteiger partial charge >= 0.3 is 5.97 Å². The highest BCUT2D eigenvalue weighted by molar-refractivity contribution is 6.01. The fourth-order valence-corrected chi connectivity index (χ4v) is 4.63. The topological polar surface area (TPSA) is 87.7 Å². The number of piperidine rings is 2. The Labute approximate surface area is 200 Å². The van der Waals surface area contributed by atoms with E-state index in [0.717, 1.165) is 50.1 Å². The Morgan fingerprint density at radius 3 is 2.44 bits per heavy atom. The first kappa shape index (κ1) is 24.0. The highest BCUT2D eigenvalue weighted by Gasteiger charge is 2.26. The number of benzene rings is 2. The molecule has 2 fully saturated rings. The third-order valence-electron chi connectivity index (χ3n) is 6.65. The second-order valence-electron chi connectivity index (χ2n) is 9.14. The molecule has 2 aliphatic heterocycles. The van der Waals surface area contributed by atoms with Crippen molar-refractivity contribution < 1.29 is 19.1 Å². The predicted octanol–water partition coefficient (Wildman–Crippen LogP) is 3.61. The summed E-state index contributed by atoms with van der Waals surface area (Å²) in [5.74, 6) is -0.0635. The van der Waals surface area contributed by atoms with Crippen LogP contribution in [-0.2, 0) is 25.7 Å². The minimum Gasteiger partial charge on any atom is -0.461 e. The molecule has 2 saturated heterocycles. The van der Waals surface area contributed by atoms with Crippen molar-refractivity contribution >= 4 is 23.5 Å². The average molecular weight is 464 g/mol. The largest absolute Gasteiger partial charge is 0.461 e. The highest BCUT2D eigenvalue weighted by Crippen LogP contribution is 2.29. The van der Waals surface area contributed by atoms with Gasteiger partial charge in [-0.2, -0.15) is 0 Å². The lowest BCUT2D eigenvalue weighted by Gasteiger charge is -2.32. The molecule has 180 valence electrons. The number of nitrogens with zero attached hydrogens (tertiary/aromatic N) is 1. The number of hydrogen-bond acceptors (Lipinski definition) is 6. The van der Waals surface area contributed by atoms with E-state index in [1.807, 2.05) is 42.5 Å². The monoisotopic (exact) mass is 463 g/mol. The lowest BCUT2D eigenvalue weighted by molar-refractivity contribution is -0.145. The van der Waals surface area contributed by atoms with Gasteiger partial charge in [-0.15, -0.1) is 0 Å². The number of anilines is 1. The van der Waals surface area contributed by atoms with E-state index in [2.05, 4.69) is 27.7 Å². The Morgan fingerprint density at radius 1 is 1.00 bits per heavy atom. The van der Waals surface area contributed by atoms with E-state index in [-0.39, 0.29) is 23.8 Å². The van der Waals surface area contributed by atoms with Crippen LogP contribution in [0.25, 0.3) is 0 Å². The number of esters is 1. The summed E-state index contributed by atoms with van der Waals surface area (Å²) >= 11 is 0. The Balaban J connectivity index is 1.13. The minimum atomic E-state index is -0.359. The number of nitrogens with one attached hydrogen (secondary N) is 2. The number of ether oxygens (including phenoxy) is 1. The van der Waals surface area contributed by atoms with Crippen LogP contribution < -0.4 is 10.6 Å². The van der Waals surface area contributed by atoms with E-state index in [4.69, 9.17) is 4.74 Å². The Hall–Kier alpha value is -3.19. The summed E-state index contributed by atoms with van der Waals surface area (Å²) in [7, 11) is 0. The Kier molecular flexibility index (Phi) is 8.31. The molecule has 0 spiro atoms. The first-order chi connectivity index (χ1) is 16.6. The molecule has 2 aromatic carbocycles. The molecule has 1 atom stereocenters. The van der Waals surface area contributed by atoms with Gasteiger partial charge in [0.1, 0.15) is 12.6 Å². The van der Waals surface area contributed by atoms with Crippen LogP contribution in [0.15, 0.2) is 54.6 Å². The fraction of sp³-hybridized carbons (Fsp3) is 0.444. The second-order valence-corrected chi connectivity index (χ2v) is 9.14. The number of carbonyl (C=O) groups excluding carboxylic acids is 3. The smallest absolute Gasteiger partial charge is 0.306 e. The molecule has 7 nitrogen and oxygen atoms in total. The zero-order valence-electron chi connectivity index (χ0n) is 19.5. The summed E-state index contributed by atoms with van der Waals surface area (Å²) < 4.78 is 5.36. The standard InChI is InChI=1S/C27H33N3O4/c31-25-13-12-24(27(33)29-25)28-23-10-8-21(9-11-23)22-14-17-30(18-15-22)16-4-7-26(32)34-19-20-5-2-1-3-6-20/h1-3,5-6,8-11,22,24,28H,4,7,12-19H2,(H,29,31,33)/t24-/m0/s1. The molecule has 2 amide bonds. The van der Waals surface area contributed by atoms with Crippen LogP contribution in [-0.4, -0.2) is 48.4 Å². The Bertz CT molecular complexity index is 969. The molecule has 34 heavy (non-hydrogen) atoms. The molecule has 4 rings (SSSR count). The number of amides is 2. The van der Waals surface area contributed by atoms with E-state index in [9.17, 15) is 14.4 Å². The van der Waals surface area contributed by atoms with Gasteiger partial charge in [0.05, 0.1) is 0 Å². The van der Waals surface area contributed by atoms with Crippen molar-refractivity contribution in [2.75, 3.05) is 25.0 Å². The zero-order valence-corrected chi connectivity index (χ0v) is 19.5. The summed E-state index contributed by atoms with van der Waals surface area (Å²) in [4.78, 5) is 37.7. The lowest BCUT2D eigenvalue weighted by Crippen LogP contribution is -2.47. The normalized spacial score (nSPS) is 19.5. The average Bonchev–Trinajstić information content (AvgIpc) is 2.86. The predicted molar refractivity (Wildman–Crippen MR) is 130 cm³/mol. The quantitative estimate of drug-likeness (QED) is 0.436. The fourth-order valence-electron chi connectivity index (χ4n) is 4.63. The van der Waals surface area contributed by atoms with Crippen LogP contribution in [0.1, 0.15) is 55.6 Å². The molecule has 2 aliphatic rings. The third-order valence-corrected chi connectivity index (χ3v) is 6.65. The van der Waals surface area contributed by atoms with Crippen LogP contribution in [0.4, 0.5) is 5.69 Å². The molecule has 0 radical (unpaired) electrons. The molecule has 7 heteroatoms. The van der Waals surface area contributed by atoms with Crippen molar-refractivity contribution in [3.8, 4) is 0 Å². The van der Waals surface area contributed by atoms with Gasteiger partial charge in [-0.1, -0.05) is 42.5 Å². The van der Waals surface area contributed by atoms with Crippen molar-refractivity contribution in [2.45, 2.75) is 57.1 Å². The molecule has 0 aromatic heterocycles. The molecule has 0 bridgehead atoms. The van der Waals surface area contributed by atoms with Crippen LogP contribution in [0.5, 0.6) is 0 Å². The van der Waals surface area contributed by atoms with Gasteiger partial charge in [0.15, 0.2) is 0 Å². The summed E-state index contributed by atoms with van der Waals surface area (Å²) in [5, 5.41) is 5.61. The van der Waals surface area contributed by atoms with Gasteiger partial charge in [-0.25, -0.2) is 0 Å². The van der Waals surface area contributed by atoms with Gasteiger partial charge < -0.3 is 15.0 Å². The molecule has 0 unspecified atom stereocenters. The van der Waals surface area contributed by atoms with Crippen LogP contribution in [0.3, 0.4) is 0 Å². The van der Waals surface area contributed by atoms with Crippen LogP contribution >= 0.6 is 0 Å². The molecule has 0 aliphatic carbocycles. The number of likely N-dealkylation sites (tertiary alicyclic amines) is 1. The van der Waals surface area contributed by atoms with Gasteiger partial charge in [0.25, 0.3) is 0 Å². The van der Waals surface area contributed by atoms with E-state index in [1.54, 1.807) is 0 Å². The van der Waals surface area contributed by atoms with Crippen molar-refractivity contribution in [3.05, 3.63) is 65.7 Å². The number of hydrogen-bond donors (Lipinski definition) is 2. The third kappa shape index (κ3) is 6.90. The van der Waals surface area contributed by atoms with E-state index >= 15 is 0 Å². The molecule has 2 N–H and O–H groups in total. The number of carbonyl (C=O) groups is 3. The zero-order chi connectivity index (χ0) is 23.8. The number of imide groups is 1. The van der Waals surface area contributed by atoms with Crippen LogP contribution in [0.2, 0.25) is 0 Å². The minimum absolute atomic E-state index is 0.134. The van der Waals surface area contributed by atoms with Gasteiger partial charge in [-0.3, -0.25) is 19.7 Å². The number of rotatable bonds is 9. The SMILES string of the molecule is O=C1CC[C@H](Nc2ccc(C3CCN(CCCC(=O)OCc4ccccc4)CC3)cc2)C(=O)N1. The summed E-state index contributed by atoms with van der Waals surface area (Å²) in [6.45, 7) is 3.31. The summed E-state index contributed by atoms with van der Waals surface area (Å²) in [6.07, 6.45) is 4.36. The van der Waals surface area contributed by atoms with Crippen molar-refractivity contribution in [1.29, 1.82) is 0 Å². The van der Waals surface area contributed by atoms with Crippen molar-refractivity contribution in [3.63, 3.8) is 0 Å². The maximum absolute atomic E-state index is 12.0. The second kappa shape index (κ2) is 11.8. The maximum Gasteiger partial charge on any atom is 0.306 e. The molecule has 0 saturated carbocycles. The van der Waals surface area contributed by atoms with E-state index in [1.165, 1.54) is 5.56 Å². The van der Waals surface area contributed by atoms with E-state index in [0.29, 0.717) is 31.8 Å². The molecule has 2 aromatic rings. The maximum atomic E-state index is 12.0. The molecular formula is C27H33N3O4. The summed E-state index contributed by atoms with van der Waals surface area (Å²) in [6, 6.07) is 17.7. The molecular weight excluding hydrogens is 430 g/mol. The van der Waals surface area contributed by atoms with Gasteiger partial charge in [-0.05, 0) is 74.5 Å². The van der Waals surface area contributed by atoms with Crippen LogP contribution in [0, 0.1) is 0 Å². The van der Waals surface area contributed by atoms with Crippen molar-refractivity contribution in [1.82, 2.24) is 10.2 Å². The highest BCUT2D eigenvalue weighted by atomic mass is 16.5. The Morgan fingerprint density at radius 2 is 1.74 bits per heavy atom. The van der Waals surface area contributed by atoms with Crippen molar-refractivity contribution in [2.24, 2.45) is 0 Å². The van der Waals surface area contributed by atoms with Gasteiger partial charge in [0, 0.05) is 18.5 Å². The first-order valence-electron chi connectivity index (χ1n) is 12.2. The first-order valence-corrected chi connectivity index (χ1v) is 12.2. The lowest BCUT2D eigenvalue weighted by atomic mass is 9.89. The summed E-state index contributed by atoms with van der Waals surface area (Å²) in [5.41, 5.74) is 3.23.